The molecule has 3 rings (SSSR count). The normalized spacial score (nSPS) is 11.9. The Balaban J connectivity index is 0.00000300. The number of rotatable bonds is 8. The van der Waals surface area contributed by atoms with Gasteiger partial charge in [0.05, 0.1) is 12.2 Å². The van der Waals surface area contributed by atoms with Gasteiger partial charge in [0.25, 0.3) is 0 Å². The summed E-state index contributed by atoms with van der Waals surface area (Å²) >= 11 is 2.23. The largest absolute Gasteiger partial charge is 0.461 e. The Hall–Kier alpha value is -1.63. The molecule has 0 spiro atoms. The van der Waals surface area contributed by atoms with Crippen LogP contribution < -0.4 is 0 Å². The highest BCUT2D eigenvalue weighted by atomic mass is 127. The van der Waals surface area contributed by atoms with Crippen LogP contribution in [-0.2, 0) is 4.74 Å². The molecule has 0 saturated heterocycles. The maximum atomic E-state index is 12.5. The van der Waals surface area contributed by atoms with Crippen LogP contribution in [0, 0.1) is 3.57 Å². The van der Waals surface area contributed by atoms with Gasteiger partial charge in [0, 0.05) is 9.49 Å². The van der Waals surface area contributed by atoms with Gasteiger partial charge in [-0.25, -0.2) is 4.79 Å². The van der Waals surface area contributed by atoms with Gasteiger partial charge in [0.1, 0.15) is 0 Å². The van der Waals surface area contributed by atoms with Crippen molar-refractivity contribution in [1.82, 2.24) is 4.90 Å². The average molecular weight is 524 g/mol. The Morgan fingerprint density at radius 2 is 1.69 bits per heavy atom. The summed E-state index contributed by atoms with van der Waals surface area (Å²) in [4.78, 5) is 14.7. The molecule has 0 heterocycles. The van der Waals surface area contributed by atoms with E-state index in [0.717, 1.165) is 23.0 Å². The number of hydrogen-bond acceptors (Lipinski definition) is 3. The van der Waals surface area contributed by atoms with Gasteiger partial charge in [0.15, 0.2) is 0 Å². The van der Waals surface area contributed by atoms with Crippen molar-refractivity contribution < 1.29 is 9.53 Å². The van der Waals surface area contributed by atoms with E-state index in [4.69, 9.17) is 4.74 Å². The van der Waals surface area contributed by atoms with E-state index in [1.165, 1.54) is 16.3 Å². The first-order chi connectivity index (χ1) is 13.5. The number of halogens is 2. The highest BCUT2D eigenvalue weighted by Gasteiger charge is 2.17. The Kier molecular flexibility index (Phi) is 9.40. The first-order valence-corrected chi connectivity index (χ1v) is 10.7. The van der Waals surface area contributed by atoms with Crippen LogP contribution in [0.3, 0.4) is 0 Å². The number of carbonyl (C=O) groups is 1. The number of hydrogen-bond donors (Lipinski definition) is 0. The summed E-state index contributed by atoms with van der Waals surface area (Å²) in [5.74, 6) is -0.0758. The lowest BCUT2D eigenvalue weighted by Gasteiger charge is -2.20. The molecule has 3 aromatic carbocycles. The van der Waals surface area contributed by atoms with Gasteiger partial charge in [0.2, 0.25) is 0 Å². The summed E-state index contributed by atoms with van der Waals surface area (Å²) in [5, 5.41) is 2.46. The molecule has 1 unspecified atom stereocenters. The molecule has 0 radical (unpaired) electrons. The average Bonchev–Trinajstić information content (AvgIpc) is 2.70. The van der Waals surface area contributed by atoms with Gasteiger partial charge >= 0.3 is 5.97 Å². The fourth-order valence-corrected chi connectivity index (χ4v) is 3.79. The van der Waals surface area contributed by atoms with E-state index in [9.17, 15) is 4.79 Å². The van der Waals surface area contributed by atoms with E-state index in [1.807, 2.05) is 24.3 Å². The second kappa shape index (κ2) is 11.5. The number of carbonyl (C=O) groups excluding carboxylic acids is 1. The van der Waals surface area contributed by atoms with Crippen molar-refractivity contribution in [3.05, 3.63) is 81.4 Å². The van der Waals surface area contributed by atoms with Crippen molar-refractivity contribution in [2.45, 2.75) is 18.8 Å². The van der Waals surface area contributed by atoms with Gasteiger partial charge in [-0.05, 0) is 96.7 Å². The molecular formula is C24H27ClINO2. The highest BCUT2D eigenvalue weighted by Crippen LogP contribution is 2.29. The number of fused-ring (bicyclic) bond motifs is 1. The van der Waals surface area contributed by atoms with Crippen LogP contribution in [-0.4, -0.2) is 38.1 Å². The van der Waals surface area contributed by atoms with Crippen LogP contribution in [0.2, 0.25) is 0 Å². The first-order valence-electron chi connectivity index (χ1n) is 9.59. The minimum absolute atomic E-state index is 0. The Morgan fingerprint density at radius 1 is 1.00 bits per heavy atom. The zero-order valence-corrected chi connectivity index (χ0v) is 19.8. The molecule has 0 N–H and O–H groups in total. The Morgan fingerprint density at radius 3 is 2.41 bits per heavy atom. The third kappa shape index (κ3) is 6.69. The van der Waals surface area contributed by atoms with Crippen LogP contribution in [0.5, 0.6) is 0 Å². The maximum Gasteiger partial charge on any atom is 0.338 e. The number of esters is 1. The van der Waals surface area contributed by atoms with Crippen LogP contribution in [0.1, 0.15) is 34.7 Å². The van der Waals surface area contributed by atoms with E-state index in [2.05, 4.69) is 84.1 Å². The van der Waals surface area contributed by atoms with Crippen molar-refractivity contribution in [3.8, 4) is 0 Å². The summed E-state index contributed by atoms with van der Waals surface area (Å²) in [6.07, 6.45) is 2.04. The van der Waals surface area contributed by atoms with Crippen LogP contribution >= 0.6 is 35.0 Å². The molecule has 154 valence electrons. The van der Waals surface area contributed by atoms with Gasteiger partial charge < -0.3 is 9.64 Å². The highest BCUT2D eigenvalue weighted by molar-refractivity contribution is 14.1. The van der Waals surface area contributed by atoms with Crippen LogP contribution in [0.15, 0.2) is 66.7 Å². The van der Waals surface area contributed by atoms with Crippen molar-refractivity contribution in [1.29, 1.82) is 0 Å². The fourth-order valence-electron chi connectivity index (χ4n) is 3.43. The monoisotopic (exact) mass is 523 g/mol. The van der Waals surface area contributed by atoms with E-state index in [-0.39, 0.29) is 24.3 Å². The summed E-state index contributed by atoms with van der Waals surface area (Å²) in [6, 6.07) is 22.3. The van der Waals surface area contributed by atoms with Crippen molar-refractivity contribution in [2.75, 3.05) is 27.2 Å². The summed E-state index contributed by atoms with van der Waals surface area (Å²) in [6.45, 7) is 1.42. The topological polar surface area (TPSA) is 29.5 Å². The molecule has 0 amide bonds. The zero-order chi connectivity index (χ0) is 19.9. The van der Waals surface area contributed by atoms with Crippen LogP contribution in [0.4, 0.5) is 0 Å². The number of ether oxygens (including phenoxy) is 1. The lowest BCUT2D eigenvalue weighted by atomic mass is 9.90. The predicted octanol–water partition coefficient (Wildman–Crippen LogP) is 6.15. The van der Waals surface area contributed by atoms with Gasteiger partial charge in [-0.15, -0.1) is 12.4 Å². The van der Waals surface area contributed by atoms with Gasteiger partial charge in [-0.3, -0.25) is 0 Å². The predicted molar refractivity (Wildman–Crippen MR) is 131 cm³/mol. The molecule has 0 bridgehead atoms. The smallest absolute Gasteiger partial charge is 0.338 e. The third-order valence-corrected chi connectivity index (χ3v) is 5.64. The summed E-state index contributed by atoms with van der Waals surface area (Å²) < 4.78 is 6.84. The second-order valence-corrected chi connectivity index (χ2v) is 8.56. The van der Waals surface area contributed by atoms with Gasteiger partial charge in [-0.2, -0.15) is 0 Å². The molecule has 0 saturated carbocycles. The molecule has 29 heavy (non-hydrogen) atoms. The summed E-state index contributed by atoms with van der Waals surface area (Å²) in [7, 11) is 4.17. The lowest BCUT2D eigenvalue weighted by Crippen LogP contribution is -2.17. The van der Waals surface area contributed by atoms with Crippen molar-refractivity contribution in [3.63, 3.8) is 0 Å². The van der Waals surface area contributed by atoms with Crippen LogP contribution in [0.25, 0.3) is 10.8 Å². The molecule has 0 fully saturated rings. The molecular weight excluding hydrogens is 497 g/mol. The van der Waals surface area contributed by atoms with Crippen molar-refractivity contribution in [2.24, 2.45) is 0 Å². The van der Waals surface area contributed by atoms with E-state index >= 15 is 0 Å². The fraction of sp³-hybridized carbons (Fsp3) is 0.292. The Labute approximate surface area is 193 Å². The number of benzene rings is 3. The quantitative estimate of drug-likeness (QED) is 0.262. The molecule has 0 aliphatic carbocycles. The molecule has 0 aliphatic heterocycles. The van der Waals surface area contributed by atoms with E-state index in [1.54, 1.807) is 0 Å². The maximum absolute atomic E-state index is 12.5. The molecule has 0 aliphatic rings. The van der Waals surface area contributed by atoms with Gasteiger partial charge in [-0.1, -0.05) is 42.5 Å². The Bertz CT molecular complexity index is 922. The second-order valence-electron chi connectivity index (χ2n) is 7.32. The molecule has 5 heteroatoms. The van der Waals surface area contributed by atoms with E-state index in [0.29, 0.717) is 12.2 Å². The minimum Gasteiger partial charge on any atom is -0.461 e. The molecule has 0 aromatic heterocycles. The molecule has 1 atom stereocenters. The van der Waals surface area contributed by atoms with Crippen molar-refractivity contribution >= 4 is 51.7 Å². The van der Waals surface area contributed by atoms with E-state index < -0.39 is 0 Å². The number of nitrogens with zero attached hydrogens (tertiary/aromatic N) is 1. The lowest BCUT2D eigenvalue weighted by molar-refractivity contribution is 0.0474. The zero-order valence-electron chi connectivity index (χ0n) is 16.8. The SMILES string of the molecule is CN(C)CCCC(COC(=O)c1ccc(I)cc1)c1cccc2ccccc12.Cl. The molecule has 3 nitrogen and oxygen atoms in total. The first kappa shape index (κ1) is 23.6. The standard InChI is InChI=1S/C24H26INO2.ClH/c1-26(2)16-6-9-20(17-28-24(27)19-12-14-21(25)15-13-19)23-11-5-8-18-7-3-4-10-22(18)23;/h3-5,7-8,10-15,20H,6,9,16-17H2,1-2H3;1H. The minimum atomic E-state index is -0.255. The summed E-state index contributed by atoms with van der Waals surface area (Å²) in [5.41, 5.74) is 1.86. The molecule has 3 aromatic rings. The third-order valence-electron chi connectivity index (χ3n) is 4.92.